The van der Waals surface area contributed by atoms with Gasteiger partial charge in [-0.15, -0.1) is 0 Å². The number of rotatable bonds is 10. The number of aromatic nitrogens is 1. The third-order valence-corrected chi connectivity index (χ3v) is 6.48. The van der Waals surface area contributed by atoms with Crippen LogP contribution in [-0.2, 0) is 6.54 Å². The Kier molecular flexibility index (Phi) is 8.93. The van der Waals surface area contributed by atoms with E-state index < -0.39 is 0 Å². The maximum Gasteiger partial charge on any atom is 0.274 e. The zero-order chi connectivity index (χ0) is 27.1. The van der Waals surface area contributed by atoms with Gasteiger partial charge in [0.1, 0.15) is 23.9 Å². The largest absolute Gasteiger partial charge is 0.492 e. The van der Waals surface area contributed by atoms with Gasteiger partial charge in [0.05, 0.1) is 17.9 Å². The molecule has 3 heterocycles. The highest BCUT2D eigenvalue weighted by molar-refractivity contribution is 6.10. The molecule has 0 bridgehead atoms. The second kappa shape index (κ2) is 12.5. The van der Waals surface area contributed by atoms with Gasteiger partial charge >= 0.3 is 0 Å². The molecule has 0 saturated carbocycles. The fourth-order valence-corrected chi connectivity index (χ4v) is 4.45. The topological polar surface area (TPSA) is 90.0 Å². The van der Waals surface area contributed by atoms with Crippen molar-refractivity contribution < 1.29 is 14.3 Å². The summed E-state index contributed by atoms with van der Waals surface area (Å²) in [6.07, 6.45) is 5.50. The Hall–Kier alpha value is -3.95. The van der Waals surface area contributed by atoms with Gasteiger partial charge in [0, 0.05) is 38.3 Å². The fourth-order valence-electron chi connectivity index (χ4n) is 4.45. The monoisotopic (exact) mass is 516 g/mol. The molecule has 9 heteroatoms. The van der Waals surface area contributed by atoms with E-state index in [4.69, 9.17) is 4.74 Å². The molecule has 0 spiro atoms. The number of carbonyl (C=O) groups excluding carboxylic acids is 2. The van der Waals surface area contributed by atoms with E-state index in [1.165, 1.54) is 0 Å². The molecule has 0 unspecified atom stereocenters. The Morgan fingerprint density at radius 2 is 2.03 bits per heavy atom. The zero-order valence-corrected chi connectivity index (χ0v) is 22.4. The van der Waals surface area contributed by atoms with Crippen molar-refractivity contribution in [3.8, 4) is 5.75 Å². The molecule has 0 atom stereocenters. The zero-order valence-electron chi connectivity index (χ0n) is 22.4. The third kappa shape index (κ3) is 6.30. The number of likely N-dealkylation sites (N-methyl/N-ethyl adjacent to an activating group) is 1. The van der Waals surface area contributed by atoms with Gasteiger partial charge in [0.25, 0.3) is 11.8 Å². The highest BCUT2D eigenvalue weighted by atomic mass is 16.5. The average molecular weight is 517 g/mol. The van der Waals surface area contributed by atoms with Crippen LogP contribution in [0.25, 0.3) is 0 Å². The van der Waals surface area contributed by atoms with Gasteiger partial charge in [0.2, 0.25) is 0 Å². The Morgan fingerprint density at radius 1 is 1.24 bits per heavy atom. The van der Waals surface area contributed by atoms with E-state index in [9.17, 15) is 9.59 Å². The van der Waals surface area contributed by atoms with Crippen LogP contribution in [0.1, 0.15) is 33.3 Å². The number of carbonyl (C=O) groups is 2. The van der Waals surface area contributed by atoms with E-state index in [1.807, 2.05) is 50.2 Å². The smallest absolute Gasteiger partial charge is 0.274 e. The molecular weight excluding hydrogens is 480 g/mol. The van der Waals surface area contributed by atoms with E-state index >= 15 is 0 Å². The molecule has 1 saturated heterocycles. The van der Waals surface area contributed by atoms with Crippen LogP contribution in [0.5, 0.6) is 5.75 Å². The number of amides is 2. The average Bonchev–Trinajstić information content (AvgIpc) is 3.26. The van der Waals surface area contributed by atoms with Crippen LogP contribution in [0.3, 0.4) is 0 Å². The molecule has 1 aromatic carbocycles. The minimum Gasteiger partial charge on any atom is -0.492 e. The number of fused-ring (bicyclic) bond motifs is 1. The lowest BCUT2D eigenvalue weighted by Gasteiger charge is -2.32. The number of pyridine rings is 1. The van der Waals surface area contributed by atoms with Crippen LogP contribution in [-0.4, -0.2) is 80.0 Å². The Bertz CT molecular complexity index is 1250. The van der Waals surface area contributed by atoms with Crippen molar-refractivity contribution >= 4 is 17.6 Å². The standard InChI is InChI=1S/C29H36N6O3/c1-5-8-26(34-15-13-30-14-16-34)24(6-2)32-28(36)25-9-7-10-27(31-25)35-20-21-11-12-22(19-23(21)29(35)37)38-18-17-33(3)4/h5-12,19,30H,1,13-18,20H2,2-4H3,(H,32,36)/b24-6+,26-8+. The quantitative estimate of drug-likeness (QED) is 0.470. The minimum absolute atomic E-state index is 0.160. The van der Waals surface area contributed by atoms with Gasteiger partial charge in [-0.05, 0) is 56.9 Å². The third-order valence-electron chi connectivity index (χ3n) is 6.48. The summed E-state index contributed by atoms with van der Waals surface area (Å²) in [7, 11) is 3.97. The lowest BCUT2D eigenvalue weighted by molar-refractivity contribution is 0.0955. The van der Waals surface area contributed by atoms with Crippen molar-refractivity contribution in [3.63, 3.8) is 0 Å². The van der Waals surface area contributed by atoms with E-state index in [0.717, 1.165) is 44.0 Å². The van der Waals surface area contributed by atoms with Crippen LogP contribution >= 0.6 is 0 Å². The molecule has 9 nitrogen and oxygen atoms in total. The fraction of sp³-hybridized carbons (Fsp3) is 0.345. The first-order chi connectivity index (χ1) is 18.4. The van der Waals surface area contributed by atoms with Crippen molar-refractivity contribution in [1.82, 2.24) is 25.4 Å². The summed E-state index contributed by atoms with van der Waals surface area (Å²) in [5.74, 6) is 0.589. The normalized spacial score (nSPS) is 16.1. The number of anilines is 1. The number of nitrogens with zero attached hydrogens (tertiary/aromatic N) is 4. The molecule has 2 aliphatic heterocycles. The SMILES string of the molecule is C=C/C=C(\C(=C/C)NC(=O)c1cccc(N2Cc3ccc(OCCN(C)C)cc3C2=O)n1)N1CCNCC1. The molecule has 2 aromatic rings. The summed E-state index contributed by atoms with van der Waals surface area (Å²) >= 11 is 0. The van der Waals surface area contributed by atoms with Gasteiger partial charge in [0.15, 0.2) is 0 Å². The lowest BCUT2D eigenvalue weighted by atomic mass is 10.1. The Morgan fingerprint density at radius 3 is 2.74 bits per heavy atom. The molecule has 1 aromatic heterocycles. The van der Waals surface area contributed by atoms with Crippen LogP contribution in [0.2, 0.25) is 0 Å². The van der Waals surface area contributed by atoms with Crippen LogP contribution in [0.15, 0.2) is 72.6 Å². The minimum atomic E-state index is -0.342. The van der Waals surface area contributed by atoms with Gasteiger partial charge < -0.3 is 25.2 Å². The summed E-state index contributed by atoms with van der Waals surface area (Å²) in [5.41, 5.74) is 3.32. The summed E-state index contributed by atoms with van der Waals surface area (Å²) in [5, 5.41) is 6.35. The molecule has 2 N–H and O–H groups in total. The molecule has 0 radical (unpaired) electrons. The van der Waals surface area contributed by atoms with Gasteiger partial charge in [-0.1, -0.05) is 30.9 Å². The van der Waals surface area contributed by atoms with Crippen molar-refractivity contribution in [2.75, 3.05) is 58.3 Å². The Labute approximate surface area is 224 Å². The Balaban J connectivity index is 1.48. The molecule has 0 aliphatic carbocycles. The number of benzene rings is 1. The maximum absolute atomic E-state index is 13.3. The number of piperazine rings is 1. The molecule has 38 heavy (non-hydrogen) atoms. The van der Waals surface area contributed by atoms with Crippen LogP contribution in [0.4, 0.5) is 5.82 Å². The van der Waals surface area contributed by atoms with Gasteiger partial charge in [-0.2, -0.15) is 0 Å². The highest BCUT2D eigenvalue weighted by Gasteiger charge is 2.30. The summed E-state index contributed by atoms with van der Waals surface area (Å²) in [4.78, 5) is 36.9. The molecule has 2 amide bonds. The highest BCUT2D eigenvalue weighted by Crippen LogP contribution is 2.30. The van der Waals surface area contributed by atoms with E-state index in [-0.39, 0.29) is 17.5 Å². The maximum atomic E-state index is 13.3. The molecule has 4 rings (SSSR count). The van der Waals surface area contributed by atoms with Crippen LogP contribution in [0, 0.1) is 0 Å². The molecular formula is C29H36N6O3. The number of hydrogen-bond acceptors (Lipinski definition) is 7. The first-order valence-electron chi connectivity index (χ1n) is 12.9. The summed E-state index contributed by atoms with van der Waals surface area (Å²) in [6.45, 7) is 10.8. The van der Waals surface area contributed by atoms with Crippen LogP contribution < -0.4 is 20.3 Å². The number of nitrogens with one attached hydrogen (secondary N) is 2. The van der Waals surface area contributed by atoms with E-state index in [1.54, 1.807) is 35.2 Å². The first kappa shape index (κ1) is 27.1. The first-order valence-corrected chi connectivity index (χ1v) is 12.9. The molecule has 200 valence electrons. The number of allylic oxidation sites excluding steroid dienone is 3. The molecule has 1 fully saturated rings. The summed E-state index contributed by atoms with van der Waals surface area (Å²) in [6, 6.07) is 10.7. The van der Waals surface area contributed by atoms with Gasteiger partial charge in [-0.3, -0.25) is 14.5 Å². The van der Waals surface area contributed by atoms with Gasteiger partial charge in [-0.25, -0.2) is 4.98 Å². The predicted octanol–water partition coefficient (Wildman–Crippen LogP) is 2.79. The van der Waals surface area contributed by atoms with Crippen molar-refractivity contribution in [2.24, 2.45) is 0 Å². The summed E-state index contributed by atoms with van der Waals surface area (Å²) < 4.78 is 5.81. The second-order valence-corrected chi connectivity index (χ2v) is 9.42. The van der Waals surface area contributed by atoms with Crippen molar-refractivity contribution in [1.29, 1.82) is 0 Å². The number of ether oxygens (including phenoxy) is 1. The predicted molar refractivity (Wildman–Crippen MR) is 149 cm³/mol. The number of hydrogen-bond donors (Lipinski definition) is 2. The van der Waals surface area contributed by atoms with Crippen molar-refractivity contribution in [2.45, 2.75) is 13.5 Å². The second-order valence-electron chi connectivity index (χ2n) is 9.42. The van der Waals surface area contributed by atoms with E-state index in [0.29, 0.717) is 36.0 Å². The van der Waals surface area contributed by atoms with E-state index in [2.05, 4.69) is 27.1 Å². The lowest BCUT2D eigenvalue weighted by Crippen LogP contribution is -2.44. The van der Waals surface area contributed by atoms with Crippen molar-refractivity contribution in [3.05, 3.63) is 89.4 Å². The molecule has 2 aliphatic rings.